The SMILES string of the molecule is CC(C(=O)NC[C@H]1CC[C@H]2[C@@H]3CC[C@H]4N(C)C(=O)CC[C@]4(C)[C@H]3CC[C@]12C)c1ccc([N+](=O)[O-])cc1. The van der Waals surface area contributed by atoms with Crippen LogP contribution in [-0.4, -0.2) is 41.3 Å². The number of nitro benzene ring substituents is 1. The number of nitrogens with one attached hydrogen (secondary N) is 1. The van der Waals surface area contributed by atoms with Crippen molar-refractivity contribution in [2.24, 2.45) is 34.5 Å². The highest BCUT2D eigenvalue weighted by Gasteiger charge is 2.61. The summed E-state index contributed by atoms with van der Waals surface area (Å²) in [5, 5.41) is 14.2. The van der Waals surface area contributed by atoms with Gasteiger partial charge in [-0.1, -0.05) is 26.0 Å². The molecule has 196 valence electrons. The molecule has 7 nitrogen and oxygen atoms in total. The fraction of sp³-hybridized carbons (Fsp3) is 0.724. The maximum Gasteiger partial charge on any atom is 0.269 e. The van der Waals surface area contributed by atoms with Gasteiger partial charge in [0.1, 0.15) is 0 Å². The zero-order chi connectivity index (χ0) is 25.8. The lowest BCUT2D eigenvalue weighted by Crippen LogP contribution is -2.61. The predicted octanol–water partition coefficient (Wildman–Crippen LogP) is 5.29. The summed E-state index contributed by atoms with van der Waals surface area (Å²) in [7, 11) is 2.02. The molecule has 1 heterocycles. The van der Waals surface area contributed by atoms with Crippen molar-refractivity contribution in [1.82, 2.24) is 10.2 Å². The van der Waals surface area contributed by atoms with Crippen LogP contribution in [0.2, 0.25) is 0 Å². The standard InChI is InChI=1S/C29H41N3O4/c1-18(19-5-8-21(9-6-19)32(35)36)27(34)30-17-20-7-11-23-22-10-12-25-29(3,16-14-26(33)31(25)4)24(22)13-15-28(20,23)2/h5-6,8-9,18,20,22-25H,7,10-17H2,1-4H3,(H,30,34)/t18?,20-,22+,23+,24+,25-,28-,29-/m1/s1. The molecule has 1 N–H and O–H groups in total. The molecular formula is C29H41N3O4. The monoisotopic (exact) mass is 495 g/mol. The minimum Gasteiger partial charge on any atom is -0.355 e. The summed E-state index contributed by atoms with van der Waals surface area (Å²) in [6, 6.07) is 6.69. The van der Waals surface area contributed by atoms with Crippen LogP contribution in [0, 0.1) is 44.6 Å². The van der Waals surface area contributed by atoms with Crippen molar-refractivity contribution in [1.29, 1.82) is 0 Å². The number of carbonyl (C=O) groups is 2. The van der Waals surface area contributed by atoms with Gasteiger partial charge in [0.05, 0.1) is 10.8 Å². The van der Waals surface area contributed by atoms with Crippen molar-refractivity contribution in [2.75, 3.05) is 13.6 Å². The molecule has 3 saturated carbocycles. The molecule has 5 rings (SSSR count). The maximum absolute atomic E-state index is 13.0. The van der Waals surface area contributed by atoms with E-state index in [-0.39, 0.29) is 28.3 Å². The molecule has 2 amide bonds. The van der Waals surface area contributed by atoms with Gasteiger partial charge in [-0.15, -0.1) is 0 Å². The Balaban J connectivity index is 1.23. The van der Waals surface area contributed by atoms with E-state index in [1.54, 1.807) is 12.1 Å². The molecule has 8 atom stereocenters. The van der Waals surface area contributed by atoms with E-state index in [4.69, 9.17) is 0 Å². The first-order valence-corrected chi connectivity index (χ1v) is 13.8. The second kappa shape index (κ2) is 9.14. The smallest absolute Gasteiger partial charge is 0.269 e. The van der Waals surface area contributed by atoms with Crippen LogP contribution in [-0.2, 0) is 9.59 Å². The largest absolute Gasteiger partial charge is 0.355 e. The van der Waals surface area contributed by atoms with Gasteiger partial charge < -0.3 is 10.2 Å². The molecule has 0 radical (unpaired) electrons. The second-order valence-electron chi connectivity index (χ2n) is 12.6. The summed E-state index contributed by atoms with van der Waals surface area (Å²) >= 11 is 0. The summed E-state index contributed by atoms with van der Waals surface area (Å²) in [6.45, 7) is 7.51. The molecule has 1 unspecified atom stereocenters. The van der Waals surface area contributed by atoms with Crippen molar-refractivity contribution in [3.63, 3.8) is 0 Å². The first-order chi connectivity index (χ1) is 17.1. The lowest BCUT2D eigenvalue weighted by molar-refractivity contribution is -0.384. The van der Waals surface area contributed by atoms with E-state index in [0.29, 0.717) is 42.7 Å². The van der Waals surface area contributed by atoms with E-state index in [0.717, 1.165) is 30.7 Å². The molecule has 7 heteroatoms. The number of amides is 2. The number of piperidine rings is 1. The van der Waals surface area contributed by atoms with Crippen molar-refractivity contribution in [3.8, 4) is 0 Å². The summed E-state index contributed by atoms with van der Waals surface area (Å²) in [6.07, 6.45) is 8.91. The number of hydrogen-bond acceptors (Lipinski definition) is 4. The number of non-ortho nitro benzene ring substituents is 1. The Hall–Kier alpha value is -2.44. The van der Waals surface area contributed by atoms with Crippen LogP contribution < -0.4 is 5.32 Å². The zero-order valence-corrected chi connectivity index (χ0v) is 22.2. The minimum atomic E-state index is -0.417. The molecule has 1 aliphatic heterocycles. The highest BCUT2D eigenvalue weighted by atomic mass is 16.6. The Morgan fingerprint density at radius 1 is 1.08 bits per heavy atom. The normalized spacial score (nSPS) is 38.5. The number of likely N-dealkylation sites (tertiary alicyclic amines) is 1. The zero-order valence-electron chi connectivity index (χ0n) is 22.2. The van der Waals surface area contributed by atoms with Crippen LogP contribution in [0.15, 0.2) is 24.3 Å². The average Bonchev–Trinajstić information content (AvgIpc) is 3.21. The Bertz CT molecular complexity index is 1040. The number of nitrogens with zero attached hydrogens (tertiary/aromatic N) is 2. The fourth-order valence-corrected chi connectivity index (χ4v) is 9.01. The number of rotatable bonds is 5. The van der Waals surface area contributed by atoms with Crippen molar-refractivity contribution in [3.05, 3.63) is 39.9 Å². The van der Waals surface area contributed by atoms with E-state index in [1.165, 1.54) is 37.8 Å². The molecule has 0 bridgehead atoms. The first-order valence-electron chi connectivity index (χ1n) is 13.8. The molecule has 1 aromatic carbocycles. The highest BCUT2D eigenvalue weighted by molar-refractivity contribution is 5.83. The molecule has 4 aliphatic rings. The molecule has 1 aromatic rings. The van der Waals surface area contributed by atoms with E-state index in [9.17, 15) is 19.7 Å². The third-order valence-electron chi connectivity index (χ3n) is 11.3. The average molecular weight is 496 g/mol. The summed E-state index contributed by atoms with van der Waals surface area (Å²) in [4.78, 5) is 38.0. The van der Waals surface area contributed by atoms with Crippen LogP contribution in [0.3, 0.4) is 0 Å². The quantitative estimate of drug-likeness (QED) is 0.443. The molecular weight excluding hydrogens is 454 g/mol. The van der Waals surface area contributed by atoms with Gasteiger partial charge in [0, 0.05) is 38.2 Å². The Kier molecular flexibility index (Phi) is 6.40. The molecule has 36 heavy (non-hydrogen) atoms. The number of fused-ring (bicyclic) bond motifs is 5. The lowest BCUT2D eigenvalue weighted by atomic mass is 9.47. The van der Waals surface area contributed by atoms with Crippen LogP contribution in [0.25, 0.3) is 0 Å². The molecule has 0 spiro atoms. The minimum absolute atomic E-state index is 0.00693. The lowest BCUT2D eigenvalue weighted by Gasteiger charge is -2.61. The van der Waals surface area contributed by atoms with Crippen molar-refractivity contribution >= 4 is 17.5 Å². The molecule has 4 fully saturated rings. The number of hydrogen-bond donors (Lipinski definition) is 1. The third-order valence-corrected chi connectivity index (χ3v) is 11.3. The topological polar surface area (TPSA) is 92.6 Å². The third kappa shape index (κ3) is 3.93. The summed E-state index contributed by atoms with van der Waals surface area (Å²) in [5.41, 5.74) is 1.33. The van der Waals surface area contributed by atoms with Gasteiger partial charge in [0.15, 0.2) is 0 Å². The second-order valence-corrected chi connectivity index (χ2v) is 12.6. The van der Waals surface area contributed by atoms with E-state index >= 15 is 0 Å². The first kappa shape index (κ1) is 25.2. The Labute approximate surface area is 214 Å². The van der Waals surface area contributed by atoms with Crippen LogP contribution in [0.5, 0.6) is 0 Å². The van der Waals surface area contributed by atoms with E-state index in [1.807, 2.05) is 14.0 Å². The molecule has 1 saturated heterocycles. The van der Waals surface area contributed by atoms with Crippen LogP contribution in [0.1, 0.15) is 83.6 Å². The van der Waals surface area contributed by atoms with Gasteiger partial charge in [-0.05, 0) is 91.9 Å². The van der Waals surface area contributed by atoms with Gasteiger partial charge in [-0.25, -0.2) is 0 Å². The predicted molar refractivity (Wildman–Crippen MR) is 138 cm³/mol. The number of benzene rings is 1. The summed E-state index contributed by atoms with van der Waals surface area (Å²) in [5.74, 6) is 2.58. The maximum atomic E-state index is 13.0. The van der Waals surface area contributed by atoms with Crippen LogP contribution >= 0.6 is 0 Å². The van der Waals surface area contributed by atoms with Crippen molar-refractivity contribution in [2.45, 2.75) is 84.1 Å². The number of nitro groups is 1. The van der Waals surface area contributed by atoms with Gasteiger partial charge in [-0.2, -0.15) is 0 Å². The Morgan fingerprint density at radius 3 is 2.47 bits per heavy atom. The highest BCUT2D eigenvalue weighted by Crippen LogP contribution is 2.66. The molecule has 0 aromatic heterocycles. The van der Waals surface area contributed by atoms with Gasteiger partial charge in [0.25, 0.3) is 5.69 Å². The van der Waals surface area contributed by atoms with E-state index < -0.39 is 4.92 Å². The van der Waals surface area contributed by atoms with Crippen molar-refractivity contribution < 1.29 is 14.5 Å². The van der Waals surface area contributed by atoms with Crippen LogP contribution in [0.4, 0.5) is 5.69 Å². The molecule has 3 aliphatic carbocycles. The number of carbonyl (C=O) groups excluding carboxylic acids is 2. The Morgan fingerprint density at radius 2 is 1.78 bits per heavy atom. The van der Waals surface area contributed by atoms with Gasteiger partial charge in [0.2, 0.25) is 11.8 Å². The van der Waals surface area contributed by atoms with Gasteiger partial charge >= 0.3 is 0 Å². The fourth-order valence-electron chi connectivity index (χ4n) is 9.01. The van der Waals surface area contributed by atoms with Gasteiger partial charge in [-0.3, -0.25) is 19.7 Å². The van der Waals surface area contributed by atoms with E-state index in [2.05, 4.69) is 24.1 Å². The summed E-state index contributed by atoms with van der Waals surface area (Å²) < 4.78 is 0.